The van der Waals surface area contributed by atoms with Gasteiger partial charge in [-0.3, -0.25) is 14.6 Å². The van der Waals surface area contributed by atoms with Crippen molar-refractivity contribution < 1.29 is 19.2 Å². The Hall–Kier alpha value is -3.98. The van der Waals surface area contributed by atoms with Crippen LogP contribution in [0.5, 0.6) is 5.75 Å². The van der Waals surface area contributed by atoms with E-state index in [0.717, 1.165) is 39.0 Å². The van der Waals surface area contributed by atoms with E-state index in [1.807, 2.05) is 6.07 Å². The largest absolute Gasteiger partial charge is 0.490 e. The van der Waals surface area contributed by atoms with E-state index in [2.05, 4.69) is 68.8 Å². The number of carbonyl (C=O) groups excluding carboxylic acids is 1. The van der Waals surface area contributed by atoms with E-state index in [0.29, 0.717) is 29.4 Å². The molecule has 6 rings (SSSR count). The summed E-state index contributed by atoms with van der Waals surface area (Å²) in [7, 11) is 0. The number of aromatic nitrogens is 1. The van der Waals surface area contributed by atoms with Gasteiger partial charge in [0.05, 0.1) is 11.6 Å². The highest BCUT2D eigenvalue weighted by atomic mass is 16.5. The van der Waals surface area contributed by atoms with Crippen LogP contribution in [0.3, 0.4) is 0 Å². The van der Waals surface area contributed by atoms with Gasteiger partial charge in [0.15, 0.2) is 5.82 Å². The van der Waals surface area contributed by atoms with E-state index in [1.165, 1.54) is 22.3 Å². The van der Waals surface area contributed by atoms with Crippen molar-refractivity contribution in [3.05, 3.63) is 112 Å². The number of β-amino-alcohol motifs (C(OH)–C–C–N with tert-alkyl or cyclic N) is 1. The van der Waals surface area contributed by atoms with Gasteiger partial charge in [0.2, 0.25) is 0 Å². The minimum absolute atomic E-state index is 0.0942. The monoisotopic (exact) mass is 552 g/mol. The number of hydrogen-bond acceptors (Lipinski definition) is 7. The summed E-state index contributed by atoms with van der Waals surface area (Å²) in [6.07, 6.45) is 1.45. The molecular formula is C33H36N4O4. The van der Waals surface area contributed by atoms with Crippen LogP contribution in [-0.4, -0.2) is 71.4 Å². The molecule has 1 amide bonds. The second-order valence-electron chi connectivity index (χ2n) is 10.9. The number of aliphatic hydroxyl groups is 1. The van der Waals surface area contributed by atoms with E-state index >= 15 is 0 Å². The number of nitrogens with zero attached hydrogens (tertiary/aromatic N) is 3. The van der Waals surface area contributed by atoms with Crippen molar-refractivity contribution in [1.82, 2.24) is 15.0 Å². The minimum atomic E-state index is -0.685. The van der Waals surface area contributed by atoms with Gasteiger partial charge in [0, 0.05) is 38.8 Å². The highest BCUT2D eigenvalue weighted by Crippen LogP contribution is 2.37. The van der Waals surface area contributed by atoms with Gasteiger partial charge in [0.1, 0.15) is 24.2 Å². The highest BCUT2D eigenvalue weighted by molar-refractivity contribution is 6.05. The van der Waals surface area contributed by atoms with Crippen molar-refractivity contribution in [3.8, 4) is 5.75 Å². The van der Waals surface area contributed by atoms with Crippen LogP contribution in [0.4, 0.5) is 5.82 Å². The van der Waals surface area contributed by atoms with Gasteiger partial charge in [-0.15, -0.1) is 0 Å². The summed E-state index contributed by atoms with van der Waals surface area (Å²) in [6.45, 7) is 5.95. The smallest absolute Gasteiger partial charge is 0.260 e. The molecule has 0 radical (unpaired) electrons. The van der Waals surface area contributed by atoms with Gasteiger partial charge in [0.25, 0.3) is 5.91 Å². The average molecular weight is 553 g/mol. The Balaban J connectivity index is 1.05. The van der Waals surface area contributed by atoms with Gasteiger partial charge in [-0.1, -0.05) is 65.8 Å². The maximum absolute atomic E-state index is 12.8. The van der Waals surface area contributed by atoms with Crippen LogP contribution in [0.15, 0.2) is 83.4 Å². The molecule has 8 nitrogen and oxygen atoms in total. The number of piperazine rings is 1. The Kier molecular flexibility index (Phi) is 8.14. The van der Waals surface area contributed by atoms with E-state index in [9.17, 15) is 9.90 Å². The number of ether oxygens (including phenoxy) is 1. The lowest BCUT2D eigenvalue weighted by atomic mass is 9.92. The first-order valence-electron chi connectivity index (χ1n) is 14.3. The molecule has 1 fully saturated rings. The molecule has 3 aromatic carbocycles. The second-order valence-corrected chi connectivity index (χ2v) is 10.9. The number of nitrogens with one attached hydrogen (secondary N) is 1. The van der Waals surface area contributed by atoms with Crippen LogP contribution < -0.4 is 10.1 Å². The van der Waals surface area contributed by atoms with Gasteiger partial charge in [-0.2, -0.15) is 0 Å². The fourth-order valence-corrected chi connectivity index (χ4v) is 6.02. The van der Waals surface area contributed by atoms with Crippen molar-refractivity contribution in [3.63, 3.8) is 0 Å². The topological polar surface area (TPSA) is 91.1 Å². The molecule has 1 atom stereocenters. The number of aryl methyl sites for hydroxylation is 3. The molecule has 41 heavy (non-hydrogen) atoms. The maximum atomic E-state index is 12.8. The van der Waals surface area contributed by atoms with Crippen LogP contribution in [0.2, 0.25) is 0 Å². The Morgan fingerprint density at radius 1 is 0.976 bits per heavy atom. The second kappa shape index (κ2) is 12.3. The molecule has 2 N–H and O–H groups in total. The fourth-order valence-electron chi connectivity index (χ4n) is 6.02. The maximum Gasteiger partial charge on any atom is 0.260 e. The van der Waals surface area contributed by atoms with Crippen molar-refractivity contribution in [1.29, 1.82) is 0 Å². The molecule has 4 aromatic rings. The third kappa shape index (κ3) is 6.20. The Morgan fingerprint density at radius 2 is 1.61 bits per heavy atom. The van der Waals surface area contributed by atoms with Crippen molar-refractivity contribution in [2.24, 2.45) is 0 Å². The molecular weight excluding hydrogens is 516 g/mol. The summed E-state index contributed by atoms with van der Waals surface area (Å²) in [5, 5.41) is 17.4. The normalized spacial score (nSPS) is 16.8. The van der Waals surface area contributed by atoms with Crippen molar-refractivity contribution in [2.75, 3.05) is 44.6 Å². The zero-order chi connectivity index (χ0) is 28.2. The van der Waals surface area contributed by atoms with E-state index in [1.54, 1.807) is 31.2 Å². The number of aliphatic hydroxyl groups excluding tert-OH is 1. The van der Waals surface area contributed by atoms with Crippen LogP contribution in [0, 0.1) is 6.92 Å². The van der Waals surface area contributed by atoms with E-state index in [-0.39, 0.29) is 18.6 Å². The molecule has 8 heteroatoms. The molecule has 0 saturated carbocycles. The molecule has 1 saturated heterocycles. The molecule has 1 aliphatic heterocycles. The molecule has 212 valence electrons. The third-order valence-electron chi connectivity index (χ3n) is 8.04. The number of anilines is 1. The van der Waals surface area contributed by atoms with Crippen LogP contribution in [0.1, 0.15) is 44.4 Å². The van der Waals surface area contributed by atoms with Crippen molar-refractivity contribution >= 4 is 11.7 Å². The summed E-state index contributed by atoms with van der Waals surface area (Å²) >= 11 is 0. The molecule has 1 unspecified atom stereocenters. The van der Waals surface area contributed by atoms with E-state index < -0.39 is 6.10 Å². The van der Waals surface area contributed by atoms with E-state index in [4.69, 9.17) is 9.26 Å². The number of carbonyl (C=O) groups is 1. The first-order valence-corrected chi connectivity index (χ1v) is 14.3. The third-order valence-corrected chi connectivity index (χ3v) is 8.04. The molecule has 0 bridgehead atoms. The van der Waals surface area contributed by atoms with Crippen LogP contribution in [0.25, 0.3) is 0 Å². The number of benzene rings is 3. The number of hydrogen-bond donors (Lipinski definition) is 2. The number of amides is 1. The van der Waals surface area contributed by atoms with Crippen LogP contribution in [-0.2, 0) is 12.8 Å². The SMILES string of the molecule is Cc1cc(NC(=O)c2ccccc2OCC(O)CN2CCN(C3c4ccccc4CCc4ccccc43)CC2)no1. The van der Waals surface area contributed by atoms with Gasteiger partial charge < -0.3 is 19.7 Å². The minimum Gasteiger partial charge on any atom is -0.490 e. The van der Waals surface area contributed by atoms with Crippen LogP contribution >= 0.6 is 0 Å². The molecule has 0 spiro atoms. The predicted molar refractivity (Wildman–Crippen MR) is 157 cm³/mol. The zero-order valence-corrected chi connectivity index (χ0v) is 23.3. The standard InChI is InChI=1S/C33H36N4O4/c1-23-20-31(35-41-23)34-33(39)29-12-6-7-13-30(29)40-22-26(38)21-36-16-18-37(19-17-36)32-27-10-4-2-8-24(27)14-15-25-9-3-5-11-28(25)32/h2-13,20,26,32,38H,14-19,21-22H2,1H3,(H,34,35,39). The fraction of sp³-hybridized carbons (Fsp3) is 0.333. The number of rotatable bonds is 8. The Labute approximate surface area is 240 Å². The predicted octanol–water partition coefficient (Wildman–Crippen LogP) is 4.48. The lowest BCUT2D eigenvalue weighted by Gasteiger charge is -2.40. The first-order chi connectivity index (χ1) is 20.0. The molecule has 1 aliphatic carbocycles. The first kappa shape index (κ1) is 27.2. The molecule has 2 aliphatic rings. The summed E-state index contributed by atoms with van der Waals surface area (Å²) < 4.78 is 10.9. The Bertz CT molecular complexity index is 1450. The van der Waals surface area contributed by atoms with Gasteiger partial charge in [-0.25, -0.2) is 0 Å². The lowest BCUT2D eigenvalue weighted by Crippen LogP contribution is -2.50. The Morgan fingerprint density at radius 3 is 2.27 bits per heavy atom. The zero-order valence-electron chi connectivity index (χ0n) is 23.3. The van der Waals surface area contributed by atoms with Gasteiger partial charge >= 0.3 is 0 Å². The van der Waals surface area contributed by atoms with Crippen molar-refractivity contribution in [2.45, 2.75) is 31.9 Å². The summed E-state index contributed by atoms with van der Waals surface area (Å²) in [5.74, 6) is 1.02. The lowest BCUT2D eigenvalue weighted by molar-refractivity contribution is 0.0398. The quantitative estimate of drug-likeness (QED) is 0.333. The van der Waals surface area contributed by atoms with Gasteiger partial charge in [-0.05, 0) is 54.2 Å². The summed E-state index contributed by atoms with van der Waals surface area (Å²) in [4.78, 5) is 17.7. The molecule has 1 aromatic heterocycles. The average Bonchev–Trinajstić information content (AvgIpc) is 3.33. The summed E-state index contributed by atoms with van der Waals surface area (Å²) in [6, 6.07) is 26.7. The highest BCUT2D eigenvalue weighted by Gasteiger charge is 2.31. The molecule has 2 heterocycles. The number of para-hydroxylation sites is 1. The summed E-state index contributed by atoms with van der Waals surface area (Å²) in [5.41, 5.74) is 6.09. The number of fused-ring (bicyclic) bond motifs is 2.